The number of hydrogen-bond acceptors (Lipinski definition) is 2. The molecule has 0 bridgehead atoms. The van der Waals surface area contributed by atoms with Crippen molar-refractivity contribution in [3.05, 3.63) is 70.5 Å². The predicted molar refractivity (Wildman–Crippen MR) is 109 cm³/mol. The molecule has 1 fully saturated rings. The van der Waals surface area contributed by atoms with Gasteiger partial charge in [0.15, 0.2) is 0 Å². The molecule has 1 N–H and O–H groups in total. The number of piperidine rings is 1. The highest BCUT2D eigenvalue weighted by Gasteiger charge is 2.26. The van der Waals surface area contributed by atoms with Gasteiger partial charge in [-0.05, 0) is 86.5 Å². The third-order valence-electron chi connectivity index (χ3n) is 6.26. The summed E-state index contributed by atoms with van der Waals surface area (Å²) in [5.41, 5.74) is 5.25. The molecule has 3 nitrogen and oxygen atoms in total. The van der Waals surface area contributed by atoms with Gasteiger partial charge in [0.1, 0.15) is 5.82 Å². The molecule has 28 heavy (non-hydrogen) atoms. The second-order valence-electron chi connectivity index (χ2n) is 8.29. The third kappa shape index (κ3) is 4.44. The molecule has 0 unspecified atom stereocenters. The second-order valence-corrected chi connectivity index (χ2v) is 8.29. The van der Waals surface area contributed by atoms with E-state index >= 15 is 0 Å². The summed E-state index contributed by atoms with van der Waals surface area (Å²) >= 11 is 0. The van der Waals surface area contributed by atoms with E-state index in [9.17, 15) is 9.18 Å². The van der Waals surface area contributed by atoms with Gasteiger partial charge in [-0.15, -0.1) is 0 Å². The number of fused-ring (bicyclic) bond motifs is 1. The molecule has 0 saturated carbocycles. The monoisotopic (exact) mass is 380 g/mol. The zero-order chi connectivity index (χ0) is 19.5. The number of benzene rings is 2. The largest absolute Gasteiger partial charge is 0.349 e. The highest BCUT2D eigenvalue weighted by atomic mass is 19.1. The number of carbonyl (C=O) groups is 1. The fraction of sp³-hybridized carbons (Fsp3) is 0.458. The van der Waals surface area contributed by atoms with Crippen molar-refractivity contribution >= 4 is 5.91 Å². The molecule has 1 heterocycles. The standard InChI is InChI=1S/C24H29FN2O/c1-17(21-8-7-19-3-2-4-22(19)15-21)26-24(28)20-11-13-27(14-12-20)16-18-5-9-23(25)10-6-18/h5-10,15,17,20H,2-4,11-14,16H2,1H3,(H,26,28)/t17-/m1/s1. The fourth-order valence-electron chi connectivity index (χ4n) is 4.48. The van der Waals surface area contributed by atoms with Crippen molar-refractivity contribution in [2.45, 2.75) is 51.6 Å². The summed E-state index contributed by atoms with van der Waals surface area (Å²) in [5, 5.41) is 3.23. The van der Waals surface area contributed by atoms with Crippen molar-refractivity contribution in [2.75, 3.05) is 13.1 Å². The molecule has 1 saturated heterocycles. The molecule has 2 aliphatic rings. The number of nitrogens with zero attached hydrogens (tertiary/aromatic N) is 1. The van der Waals surface area contributed by atoms with Crippen molar-refractivity contribution < 1.29 is 9.18 Å². The summed E-state index contributed by atoms with van der Waals surface area (Å²) < 4.78 is 13.0. The van der Waals surface area contributed by atoms with Crippen molar-refractivity contribution in [3.8, 4) is 0 Å². The Balaban J connectivity index is 1.27. The van der Waals surface area contributed by atoms with Crippen molar-refractivity contribution in [1.82, 2.24) is 10.2 Å². The van der Waals surface area contributed by atoms with E-state index in [1.807, 2.05) is 12.1 Å². The Bertz CT molecular complexity index is 825. The second kappa shape index (κ2) is 8.44. The molecule has 1 aliphatic heterocycles. The van der Waals surface area contributed by atoms with Gasteiger partial charge in [-0.2, -0.15) is 0 Å². The van der Waals surface area contributed by atoms with Gasteiger partial charge in [0.25, 0.3) is 0 Å². The average Bonchev–Trinajstić information content (AvgIpc) is 3.18. The number of hydrogen-bond donors (Lipinski definition) is 1. The smallest absolute Gasteiger partial charge is 0.223 e. The van der Waals surface area contributed by atoms with Crippen LogP contribution in [0.1, 0.15) is 54.5 Å². The van der Waals surface area contributed by atoms with Crippen LogP contribution in [0, 0.1) is 11.7 Å². The molecule has 148 valence electrons. The molecule has 1 aliphatic carbocycles. The summed E-state index contributed by atoms with van der Waals surface area (Å²) in [6, 6.07) is 13.4. The van der Waals surface area contributed by atoms with Gasteiger partial charge in [-0.3, -0.25) is 9.69 Å². The lowest BCUT2D eigenvalue weighted by Gasteiger charge is -2.32. The van der Waals surface area contributed by atoms with E-state index in [1.165, 1.54) is 41.7 Å². The number of nitrogens with one attached hydrogen (secondary N) is 1. The Hall–Kier alpha value is -2.20. The molecule has 4 rings (SSSR count). The molecule has 4 heteroatoms. The number of aryl methyl sites for hydroxylation is 2. The van der Waals surface area contributed by atoms with Gasteiger partial charge in [0, 0.05) is 12.5 Å². The summed E-state index contributed by atoms with van der Waals surface area (Å²) in [5.74, 6) is 0.0624. The topological polar surface area (TPSA) is 32.3 Å². The molecule has 2 aromatic rings. The van der Waals surface area contributed by atoms with E-state index in [2.05, 4.69) is 35.3 Å². The van der Waals surface area contributed by atoms with E-state index < -0.39 is 0 Å². The summed E-state index contributed by atoms with van der Waals surface area (Å²) in [6.07, 6.45) is 5.35. The Kier molecular flexibility index (Phi) is 5.77. The Labute approximate surface area is 166 Å². The van der Waals surface area contributed by atoms with Crippen LogP contribution in [0.5, 0.6) is 0 Å². The zero-order valence-corrected chi connectivity index (χ0v) is 16.6. The SMILES string of the molecule is C[C@@H](NC(=O)C1CCN(Cc2ccc(F)cc2)CC1)c1ccc2c(c1)CCC2. The van der Waals surface area contributed by atoms with Crippen LogP contribution in [0.2, 0.25) is 0 Å². The van der Waals surface area contributed by atoms with Crippen LogP contribution in [0.15, 0.2) is 42.5 Å². The van der Waals surface area contributed by atoms with Crippen molar-refractivity contribution in [3.63, 3.8) is 0 Å². The maximum absolute atomic E-state index is 13.0. The van der Waals surface area contributed by atoms with Crippen LogP contribution in [0.3, 0.4) is 0 Å². The van der Waals surface area contributed by atoms with Gasteiger partial charge in [-0.25, -0.2) is 4.39 Å². The maximum atomic E-state index is 13.0. The maximum Gasteiger partial charge on any atom is 0.223 e. The van der Waals surface area contributed by atoms with E-state index in [0.717, 1.165) is 44.5 Å². The fourth-order valence-corrected chi connectivity index (χ4v) is 4.48. The molecule has 0 aromatic heterocycles. The first-order valence-electron chi connectivity index (χ1n) is 10.5. The average molecular weight is 381 g/mol. The first-order valence-corrected chi connectivity index (χ1v) is 10.5. The Morgan fingerprint density at radius 3 is 2.57 bits per heavy atom. The van der Waals surface area contributed by atoms with E-state index in [4.69, 9.17) is 0 Å². The summed E-state index contributed by atoms with van der Waals surface area (Å²) in [7, 11) is 0. The predicted octanol–water partition coefficient (Wildman–Crippen LogP) is 4.40. The molecule has 1 amide bonds. The number of carbonyl (C=O) groups excluding carboxylic acids is 1. The highest BCUT2D eigenvalue weighted by molar-refractivity contribution is 5.79. The molecule has 2 aromatic carbocycles. The van der Waals surface area contributed by atoms with Crippen LogP contribution < -0.4 is 5.32 Å². The highest BCUT2D eigenvalue weighted by Crippen LogP contribution is 2.26. The summed E-state index contributed by atoms with van der Waals surface area (Å²) in [6.45, 7) is 4.71. The molecule has 0 radical (unpaired) electrons. The lowest BCUT2D eigenvalue weighted by Crippen LogP contribution is -2.40. The van der Waals surface area contributed by atoms with Crippen LogP contribution in [0.25, 0.3) is 0 Å². The molecule has 1 atom stereocenters. The van der Waals surface area contributed by atoms with E-state index in [-0.39, 0.29) is 23.7 Å². The zero-order valence-electron chi connectivity index (χ0n) is 16.6. The lowest BCUT2D eigenvalue weighted by atomic mass is 9.94. The van der Waals surface area contributed by atoms with Crippen LogP contribution in [-0.2, 0) is 24.2 Å². The number of likely N-dealkylation sites (tertiary alicyclic amines) is 1. The van der Waals surface area contributed by atoms with E-state index in [1.54, 1.807) is 0 Å². The molecule has 0 spiro atoms. The quantitative estimate of drug-likeness (QED) is 0.834. The van der Waals surface area contributed by atoms with E-state index in [0.29, 0.717) is 0 Å². The van der Waals surface area contributed by atoms with Gasteiger partial charge >= 0.3 is 0 Å². The third-order valence-corrected chi connectivity index (χ3v) is 6.26. The van der Waals surface area contributed by atoms with Gasteiger partial charge < -0.3 is 5.32 Å². The Morgan fingerprint density at radius 2 is 1.82 bits per heavy atom. The normalized spacial score (nSPS) is 18.6. The Morgan fingerprint density at radius 1 is 1.11 bits per heavy atom. The number of halogens is 1. The van der Waals surface area contributed by atoms with Crippen molar-refractivity contribution in [1.29, 1.82) is 0 Å². The van der Waals surface area contributed by atoms with Crippen LogP contribution in [0.4, 0.5) is 4.39 Å². The lowest BCUT2D eigenvalue weighted by molar-refractivity contribution is -0.127. The van der Waals surface area contributed by atoms with Crippen LogP contribution in [-0.4, -0.2) is 23.9 Å². The molecular weight excluding hydrogens is 351 g/mol. The molecular formula is C24H29FN2O. The summed E-state index contributed by atoms with van der Waals surface area (Å²) in [4.78, 5) is 15.1. The van der Waals surface area contributed by atoms with Gasteiger partial charge in [0.2, 0.25) is 5.91 Å². The minimum atomic E-state index is -0.198. The minimum absolute atomic E-state index is 0.0515. The number of rotatable bonds is 5. The van der Waals surface area contributed by atoms with Gasteiger partial charge in [0.05, 0.1) is 6.04 Å². The van der Waals surface area contributed by atoms with Gasteiger partial charge in [-0.1, -0.05) is 30.3 Å². The minimum Gasteiger partial charge on any atom is -0.349 e. The van der Waals surface area contributed by atoms with Crippen molar-refractivity contribution in [2.24, 2.45) is 5.92 Å². The number of amides is 1. The van der Waals surface area contributed by atoms with Crippen LogP contribution >= 0.6 is 0 Å². The first-order chi connectivity index (χ1) is 13.6. The first kappa shape index (κ1) is 19.1.